The summed E-state index contributed by atoms with van der Waals surface area (Å²) in [6.07, 6.45) is 2.22. The van der Waals surface area contributed by atoms with Crippen LogP contribution in [0.2, 0.25) is 0 Å². The Labute approximate surface area is 134 Å². The van der Waals surface area contributed by atoms with E-state index in [2.05, 4.69) is 10.3 Å². The lowest BCUT2D eigenvalue weighted by atomic mass is 10.1. The maximum Gasteiger partial charge on any atom is 0.221 e. The molecule has 0 saturated heterocycles. The molecule has 1 aliphatic carbocycles. The minimum atomic E-state index is -0.537. The molecular formula is C17H18N2O2S. The smallest absolute Gasteiger partial charge is 0.221 e. The van der Waals surface area contributed by atoms with Crippen molar-refractivity contribution in [2.75, 3.05) is 5.75 Å². The molecule has 2 N–H and O–H groups in total. The van der Waals surface area contributed by atoms with Crippen molar-refractivity contribution in [3.05, 3.63) is 59.8 Å². The number of aliphatic hydroxyl groups excluding tert-OH is 1. The first-order valence-corrected chi connectivity index (χ1v) is 8.31. The summed E-state index contributed by atoms with van der Waals surface area (Å²) in [4.78, 5) is 16.3. The van der Waals surface area contributed by atoms with Crippen LogP contribution in [0.15, 0.2) is 53.7 Å². The summed E-state index contributed by atoms with van der Waals surface area (Å²) < 4.78 is 0. The average molecular weight is 314 g/mol. The number of carbonyl (C=O) groups excluding carboxylic acids is 1. The molecular weight excluding hydrogens is 296 g/mol. The fourth-order valence-electron chi connectivity index (χ4n) is 2.67. The van der Waals surface area contributed by atoms with Crippen molar-refractivity contribution in [3.63, 3.8) is 0 Å². The third-order valence-electron chi connectivity index (χ3n) is 3.74. The zero-order valence-electron chi connectivity index (χ0n) is 12.1. The van der Waals surface area contributed by atoms with E-state index in [1.165, 1.54) is 0 Å². The molecule has 1 aliphatic rings. The molecule has 0 saturated carbocycles. The minimum Gasteiger partial charge on any atom is -0.390 e. The molecule has 1 heterocycles. The molecule has 0 fully saturated rings. The number of rotatable bonds is 5. The summed E-state index contributed by atoms with van der Waals surface area (Å²) in [5, 5.41) is 14.0. The van der Waals surface area contributed by atoms with Gasteiger partial charge >= 0.3 is 0 Å². The number of nitrogens with zero attached hydrogens (tertiary/aromatic N) is 1. The Kier molecular flexibility index (Phi) is 4.75. The normalized spacial score (nSPS) is 19.7. The third kappa shape index (κ3) is 3.48. The number of hydrogen-bond acceptors (Lipinski definition) is 4. The molecule has 3 rings (SSSR count). The second-order valence-electron chi connectivity index (χ2n) is 5.28. The fraction of sp³-hybridized carbons (Fsp3) is 0.294. The Balaban J connectivity index is 1.52. The highest BCUT2D eigenvalue weighted by Crippen LogP contribution is 2.31. The number of thioether (sulfide) groups is 1. The summed E-state index contributed by atoms with van der Waals surface area (Å²) in [5.74, 6) is 0.636. The molecule has 0 spiro atoms. The second-order valence-corrected chi connectivity index (χ2v) is 6.40. The monoisotopic (exact) mass is 314 g/mol. The number of aromatic nitrogens is 1. The first-order valence-electron chi connectivity index (χ1n) is 7.33. The fourth-order valence-corrected chi connectivity index (χ4v) is 3.48. The zero-order chi connectivity index (χ0) is 15.4. The highest BCUT2D eigenvalue weighted by atomic mass is 32.2. The molecule has 1 aromatic carbocycles. The van der Waals surface area contributed by atoms with Gasteiger partial charge in [-0.1, -0.05) is 30.3 Å². The molecule has 0 unspecified atom stereocenters. The third-order valence-corrected chi connectivity index (χ3v) is 4.68. The maximum absolute atomic E-state index is 12.1. The quantitative estimate of drug-likeness (QED) is 0.832. The number of amides is 1. The average Bonchev–Trinajstić information content (AvgIpc) is 2.84. The van der Waals surface area contributed by atoms with E-state index in [9.17, 15) is 9.90 Å². The lowest BCUT2D eigenvalue weighted by Gasteiger charge is -2.17. The number of nitrogens with one attached hydrogen (secondary N) is 1. The van der Waals surface area contributed by atoms with Crippen LogP contribution in [0.4, 0.5) is 0 Å². The van der Waals surface area contributed by atoms with Gasteiger partial charge in [-0.05, 0) is 23.3 Å². The van der Waals surface area contributed by atoms with Crippen LogP contribution in [0, 0.1) is 0 Å². The Morgan fingerprint density at radius 1 is 1.27 bits per heavy atom. The van der Waals surface area contributed by atoms with Gasteiger partial charge in [0.15, 0.2) is 0 Å². The van der Waals surface area contributed by atoms with Gasteiger partial charge in [0.25, 0.3) is 0 Å². The largest absolute Gasteiger partial charge is 0.390 e. The van der Waals surface area contributed by atoms with Crippen LogP contribution in [0.5, 0.6) is 0 Å². The van der Waals surface area contributed by atoms with Gasteiger partial charge in [-0.25, -0.2) is 4.98 Å². The molecule has 4 nitrogen and oxygen atoms in total. The molecule has 1 aromatic heterocycles. The van der Waals surface area contributed by atoms with Gasteiger partial charge in [0, 0.05) is 24.8 Å². The van der Waals surface area contributed by atoms with Crippen molar-refractivity contribution in [2.45, 2.75) is 30.0 Å². The number of fused-ring (bicyclic) bond motifs is 1. The number of carbonyl (C=O) groups is 1. The van der Waals surface area contributed by atoms with Gasteiger partial charge in [0.1, 0.15) is 0 Å². The second kappa shape index (κ2) is 6.94. The van der Waals surface area contributed by atoms with E-state index < -0.39 is 6.10 Å². The first kappa shape index (κ1) is 15.1. The first-order chi connectivity index (χ1) is 10.7. The molecule has 1 amide bonds. The van der Waals surface area contributed by atoms with Crippen LogP contribution in [0.3, 0.4) is 0 Å². The Bertz CT molecular complexity index is 648. The van der Waals surface area contributed by atoms with E-state index in [-0.39, 0.29) is 11.9 Å². The summed E-state index contributed by atoms with van der Waals surface area (Å²) in [6, 6.07) is 13.3. The maximum atomic E-state index is 12.1. The van der Waals surface area contributed by atoms with Crippen molar-refractivity contribution in [1.29, 1.82) is 0 Å². The zero-order valence-corrected chi connectivity index (χ0v) is 12.9. The molecule has 22 heavy (non-hydrogen) atoms. The van der Waals surface area contributed by atoms with Gasteiger partial charge in [-0.3, -0.25) is 4.79 Å². The summed E-state index contributed by atoms with van der Waals surface area (Å²) >= 11 is 1.56. The van der Waals surface area contributed by atoms with Gasteiger partial charge in [-0.2, -0.15) is 0 Å². The van der Waals surface area contributed by atoms with Crippen LogP contribution in [0.1, 0.15) is 23.6 Å². The lowest BCUT2D eigenvalue weighted by Crippen LogP contribution is -2.34. The Hall–Kier alpha value is -1.85. The Morgan fingerprint density at radius 2 is 2.09 bits per heavy atom. The topological polar surface area (TPSA) is 62.2 Å². The van der Waals surface area contributed by atoms with Crippen molar-refractivity contribution < 1.29 is 9.90 Å². The Morgan fingerprint density at radius 3 is 2.91 bits per heavy atom. The number of hydrogen-bond donors (Lipinski definition) is 2. The van der Waals surface area contributed by atoms with Crippen molar-refractivity contribution in [3.8, 4) is 0 Å². The molecule has 0 radical (unpaired) electrons. The summed E-state index contributed by atoms with van der Waals surface area (Å²) in [5.41, 5.74) is 2.14. The van der Waals surface area contributed by atoms with E-state index in [0.717, 1.165) is 16.2 Å². The van der Waals surface area contributed by atoms with Crippen molar-refractivity contribution >= 4 is 17.7 Å². The van der Waals surface area contributed by atoms with Crippen LogP contribution in [-0.2, 0) is 11.2 Å². The standard InChI is InChI=1S/C17H18N2O2S/c20-14-11-12-5-1-2-6-13(12)17(14)19-15(21)8-10-22-16-7-3-4-9-18-16/h1-7,9,14,17,20H,8,10-11H2,(H,19,21)/t14-,17-/m1/s1. The van der Waals surface area contributed by atoms with Gasteiger partial charge in [0.2, 0.25) is 5.91 Å². The predicted octanol–water partition coefficient (Wildman–Crippen LogP) is 2.34. The molecule has 5 heteroatoms. The predicted molar refractivity (Wildman–Crippen MR) is 86.6 cm³/mol. The summed E-state index contributed by atoms with van der Waals surface area (Å²) in [7, 11) is 0. The van der Waals surface area contributed by atoms with E-state index in [4.69, 9.17) is 0 Å². The highest BCUT2D eigenvalue weighted by Gasteiger charge is 2.31. The van der Waals surface area contributed by atoms with E-state index in [1.54, 1.807) is 18.0 Å². The van der Waals surface area contributed by atoms with Gasteiger partial charge in [0.05, 0.1) is 17.2 Å². The van der Waals surface area contributed by atoms with Crippen LogP contribution in [-0.4, -0.2) is 27.9 Å². The van der Waals surface area contributed by atoms with E-state index in [0.29, 0.717) is 18.6 Å². The van der Waals surface area contributed by atoms with Crippen molar-refractivity contribution in [2.24, 2.45) is 0 Å². The van der Waals surface area contributed by atoms with Crippen LogP contribution in [0.25, 0.3) is 0 Å². The SMILES string of the molecule is O=C(CCSc1ccccn1)N[C@@H]1c2ccccc2C[C@H]1O. The molecule has 0 bridgehead atoms. The van der Waals surface area contributed by atoms with Crippen LogP contribution < -0.4 is 5.32 Å². The van der Waals surface area contributed by atoms with Crippen LogP contribution >= 0.6 is 11.8 Å². The van der Waals surface area contributed by atoms with Crippen molar-refractivity contribution in [1.82, 2.24) is 10.3 Å². The minimum absolute atomic E-state index is 0.0378. The van der Waals surface area contributed by atoms with Gasteiger partial charge in [-0.15, -0.1) is 11.8 Å². The van der Waals surface area contributed by atoms with E-state index >= 15 is 0 Å². The number of benzene rings is 1. The molecule has 2 aromatic rings. The summed E-state index contributed by atoms with van der Waals surface area (Å²) in [6.45, 7) is 0. The highest BCUT2D eigenvalue weighted by molar-refractivity contribution is 7.99. The number of pyridine rings is 1. The van der Waals surface area contributed by atoms with Gasteiger partial charge < -0.3 is 10.4 Å². The lowest BCUT2D eigenvalue weighted by molar-refractivity contribution is -0.122. The van der Waals surface area contributed by atoms with E-state index in [1.807, 2.05) is 42.5 Å². The number of aliphatic hydroxyl groups is 1. The molecule has 2 atom stereocenters. The molecule has 114 valence electrons. The molecule has 0 aliphatic heterocycles.